The summed E-state index contributed by atoms with van der Waals surface area (Å²) in [7, 11) is 0. The number of anilines is 1. The summed E-state index contributed by atoms with van der Waals surface area (Å²) in [6.07, 6.45) is -7.36. The maximum Gasteiger partial charge on any atom is 0.490 e. The van der Waals surface area contributed by atoms with Crippen molar-refractivity contribution in [3.63, 3.8) is 0 Å². The zero-order valence-electron chi connectivity index (χ0n) is 39.6. The highest BCUT2D eigenvalue weighted by Gasteiger charge is 2.42. The zero-order chi connectivity index (χ0) is 52.7. The van der Waals surface area contributed by atoms with Crippen molar-refractivity contribution in [2.45, 2.75) is 96.3 Å². The Balaban J connectivity index is 0.000000683. The van der Waals surface area contributed by atoms with E-state index in [1.165, 1.54) is 11.3 Å². The molecule has 25 heteroatoms. The summed E-state index contributed by atoms with van der Waals surface area (Å²) >= 11 is 1.53. The number of amides is 3. The number of hydrogen-bond donors (Lipinski definition) is 5. The van der Waals surface area contributed by atoms with E-state index >= 15 is 4.39 Å². The van der Waals surface area contributed by atoms with Gasteiger partial charge in [0.25, 0.3) is 11.8 Å². The van der Waals surface area contributed by atoms with Crippen LogP contribution in [0.3, 0.4) is 0 Å². The molecule has 3 aliphatic heterocycles. The molecular formula is C46H59F7N6O11S. The van der Waals surface area contributed by atoms with Crippen LogP contribution in [-0.4, -0.2) is 161 Å². The second kappa shape index (κ2) is 26.2. The monoisotopic (exact) mass is 1040 g/mol. The normalized spacial score (nSPS) is 15.7. The number of morpholine rings is 1. The van der Waals surface area contributed by atoms with Gasteiger partial charge in [-0.2, -0.15) is 26.3 Å². The van der Waals surface area contributed by atoms with E-state index in [0.717, 1.165) is 36.5 Å². The number of carboxylic acids is 2. The number of aromatic hydroxyl groups is 1. The van der Waals surface area contributed by atoms with Gasteiger partial charge in [0, 0.05) is 62.2 Å². The molecule has 17 nitrogen and oxygen atoms in total. The van der Waals surface area contributed by atoms with Crippen molar-refractivity contribution in [3.05, 3.63) is 68.9 Å². The first-order chi connectivity index (χ1) is 33.3. The topological polar surface area (TPSA) is 220 Å². The van der Waals surface area contributed by atoms with Crippen LogP contribution in [0.15, 0.2) is 35.7 Å². The molecule has 0 radical (unpaired) electrons. The van der Waals surface area contributed by atoms with Gasteiger partial charge in [-0.15, -0.1) is 11.3 Å². The highest BCUT2D eigenvalue weighted by molar-refractivity contribution is 7.09. The number of benzene rings is 2. The zero-order valence-corrected chi connectivity index (χ0v) is 40.4. The molecule has 2 aromatic carbocycles. The van der Waals surface area contributed by atoms with E-state index in [9.17, 15) is 45.8 Å². The molecule has 394 valence electrons. The van der Waals surface area contributed by atoms with Crippen molar-refractivity contribution in [2.24, 2.45) is 0 Å². The van der Waals surface area contributed by atoms with Crippen molar-refractivity contribution < 1.29 is 84.2 Å². The number of phenols is 1. The number of ether oxygens (including phenoxy) is 3. The van der Waals surface area contributed by atoms with Gasteiger partial charge in [-0.1, -0.05) is 38.1 Å². The number of fused-ring (bicyclic) bond motifs is 1. The molecule has 0 unspecified atom stereocenters. The number of carbonyl (C=O) groups excluding carboxylic acids is 3. The van der Waals surface area contributed by atoms with Gasteiger partial charge in [-0.25, -0.2) is 19.0 Å². The molecular weight excluding hydrogens is 978 g/mol. The predicted octanol–water partition coefficient (Wildman–Crippen LogP) is 6.23. The first-order valence-electron chi connectivity index (χ1n) is 22.6. The number of carbonyl (C=O) groups is 5. The molecule has 0 saturated carbocycles. The van der Waals surface area contributed by atoms with Crippen molar-refractivity contribution >= 4 is 46.7 Å². The Morgan fingerprint density at radius 3 is 2.18 bits per heavy atom. The van der Waals surface area contributed by atoms with Crippen LogP contribution >= 0.6 is 11.3 Å². The number of carboxylic acid groups (broad SMARTS) is 2. The molecule has 4 heterocycles. The minimum atomic E-state index is -5.08. The number of alkyl halides is 6. The number of aromatic nitrogens is 1. The van der Waals surface area contributed by atoms with E-state index in [4.69, 9.17) is 34.0 Å². The van der Waals surface area contributed by atoms with Gasteiger partial charge >= 0.3 is 24.3 Å². The van der Waals surface area contributed by atoms with Crippen molar-refractivity contribution in [1.82, 2.24) is 25.0 Å². The van der Waals surface area contributed by atoms with Crippen molar-refractivity contribution in [3.8, 4) is 11.5 Å². The minimum Gasteiger partial charge on any atom is -0.506 e. The lowest BCUT2D eigenvalue weighted by Gasteiger charge is -2.47. The standard InChI is InChI=1S/C42H57FN6O7S.2C2HF3O2/c1-28(2)40-45-33(26-57-40)41(53)48-20-23-56-42(27-48)13-17-47(18-14-42)24-32-7-5-6-30(37(32)43)11-21-54-22-12-36(52)49(29(3)4)19-16-44-15-10-31-8-9-34(50)38-39(31)55-25-35(51)46-38;2*3-2(4,5)1(6)7/h5-9,26,28-29,44,50H,10-25,27H2,1-4H3,(H,46,51);2*(H,6,7). The summed E-state index contributed by atoms with van der Waals surface area (Å²) in [6, 6.07) is 8.86. The van der Waals surface area contributed by atoms with Gasteiger partial charge in [0.1, 0.15) is 22.9 Å². The lowest BCUT2D eigenvalue weighted by Crippen LogP contribution is -2.58. The molecule has 0 atom stereocenters. The van der Waals surface area contributed by atoms with Gasteiger partial charge in [-0.3, -0.25) is 19.3 Å². The number of thiazole rings is 1. The van der Waals surface area contributed by atoms with E-state index in [-0.39, 0.29) is 60.9 Å². The van der Waals surface area contributed by atoms with Gasteiger partial charge in [0.05, 0.1) is 43.4 Å². The largest absolute Gasteiger partial charge is 0.506 e. The van der Waals surface area contributed by atoms with Crippen LogP contribution in [0.25, 0.3) is 0 Å². The summed E-state index contributed by atoms with van der Waals surface area (Å²) in [5, 5.41) is 33.2. The lowest BCUT2D eigenvalue weighted by atomic mass is 9.89. The van der Waals surface area contributed by atoms with E-state index in [1.54, 1.807) is 18.2 Å². The minimum absolute atomic E-state index is 0.00216. The number of likely N-dealkylation sites (tertiary alicyclic amines) is 1. The fraction of sp³-hybridized carbons (Fsp3) is 0.565. The molecule has 5 N–H and O–H groups in total. The van der Waals surface area contributed by atoms with E-state index in [2.05, 4.69) is 34.4 Å². The number of piperidine rings is 1. The summed E-state index contributed by atoms with van der Waals surface area (Å²) in [6.45, 7) is 13.9. The van der Waals surface area contributed by atoms with Crippen LogP contribution in [0.5, 0.6) is 11.5 Å². The Bertz CT molecular complexity index is 2260. The Kier molecular flexibility index (Phi) is 21.4. The summed E-state index contributed by atoms with van der Waals surface area (Å²) in [5.41, 5.74) is 2.54. The summed E-state index contributed by atoms with van der Waals surface area (Å²) < 4.78 is 96.8. The molecule has 0 aliphatic carbocycles. The van der Waals surface area contributed by atoms with Crippen molar-refractivity contribution in [2.75, 3.05) is 77.6 Å². The summed E-state index contributed by atoms with van der Waals surface area (Å²) in [5.74, 6) is -5.32. The molecule has 2 saturated heterocycles. The first-order valence-corrected chi connectivity index (χ1v) is 23.5. The van der Waals surface area contributed by atoms with Gasteiger partial charge in [-0.05, 0) is 63.3 Å². The Morgan fingerprint density at radius 1 is 0.930 bits per heavy atom. The number of hydrogen-bond acceptors (Lipinski definition) is 13. The second-order valence-electron chi connectivity index (χ2n) is 17.3. The molecule has 3 aliphatic rings. The number of nitrogens with one attached hydrogen (secondary N) is 2. The Labute approximate surface area is 409 Å². The second-order valence-corrected chi connectivity index (χ2v) is 18.2. The molecule has 71 heavy (non-hydrogen) atoms. The van der Waals surface area contributed by atoms with Crippen LogP contribution in [0.1, 0.15) is 85.1 Å². The quantitative estimate of drug-likeness (QED) is 0.0575. The van der Waals surface area contributed by atoms with E-state index in [0.29, 0.717) is 93.6 Å². The maximum absolute atomic E-state index is 15.7. The van der Waals surface area contributed by atoms with Crippen LogP contribution in [-0.2, 0) is 48.0 Å². The van der Waals surface area contributed by atoms with Gasteiger partial charge < -0.3 is 50.0 Å². The number of aliphatic carboxylic acids is 2. The Hall–Kier alpha value is -5.63. The number of nitrogens with zero attached hydrogens (tertiary/aromatic N) is 4. The van der Waals surface area contributed by atoms with E-state index in [1.807, 2.05) is 41.2 Å². The molecule has 3 aromatic rings. The van der Waals surface area contributed by atoms with Crippen LogP contribution < -0.4 is 15.4 Å². The van der Waals surface area contributed by atoms with E-state index < -0.39 is 29.9 Å². The number of phenolic OH excluding ortho intramolecular Hbond substituents is 1. The number of halogens is 7. The predicted molar refractivity (Wildman–Crippen MR) is 244 cm³/mol. The third-order valence-electron chi connectivity index (χ3n) is 11.4. The fourth-order valence-corrected chi connectivity index (χ4v) is 8.47. The fourth-order valence-electron chi connectivity index (χ4n) is 7.66. The van der Waals surface area contributed by atoms with Crippen LogP contribution in [0.2, 0.25) is 0 Å². The van der Waals surface area contributed by atoms with Crippen molar-refractivity contribution in [1.29, 1.82) is 0 Å². The van der Waals surface area contributed by atoms with Crippen LogP contribution in [0, 0.1) is 5.82 Å². The maximum atomic E-state index is 15.7. The highest BCUT2D eigenvalue weighted by atomic mass is 32.1. The molecule has 3 amide bonds. The van der Waals surface area contributed by atoms with Gasteiger partial charge in [0.2, 0.25) is 5.91 Å². The molecule has 0 bridgehead atoms. The number of rotatable bonds is 17. The third kappa shape index (κ3) is 17.6. The molecule has 2 fully saturated rings. The van der Waals surface area contributed by atoms with Gasteiger partial charge in [0.15, 0.2) is 12.4 Å². The molecule has 1 spiro atoms. The van der Waals surface area contributed by atoms with Crippen LogP contribution in [0.4, 0.5) is 36.4 Å². The average molecular weight is 1040 g/mol. The summed E-state index contributed by atoms with van der Waals surface area (Å²) in [4.78, 5) is 66.4. The third-order valence-corrected chi connectivity index (χ3v) is 12.6. The highest BCUT2D eigenvalue weighted by Crippen LogP contribution is 2.39. The molecule has 6 rings (SSSR count). The smallest absolute Gasteiger partial charge is 0.490 e. The molecule has 1 aromatic heterocycles. The lowest BCUT2D eigenvalue weighted by molar-refractivity contribution is -0.193. The average Bonchev–Trinajstić information content (AvgIpc) is 3.81. The SMILES string of the molecule is CC(C)c1nc(C(=O)N2CCOC3(CCN(Cc4cccc(CCOCCC(=O)N(CCNCCc5ccc(O)c6c5OCC(=O)N6)C(C)C)c4F)CC3)C2)cs1.O=C(O)C(F)(F)F.O=C(O)C(F)(F)F. The Morgan fingerprint density at radius 2 is 1.58 bits per heavy atom. The first kappa shape index (κ1) is 57.9.